The van der Waals surface area contributed by atoms with E-state index < -0.39 is 0 Å². The van der Waals surface area contributed by atoms with Crippen LogP contribution in [0.15, 0.2) is 95.8 Å². The number of aromatic nitrogens is 5. The molecule has 0 amide bonds. The van der Waals surface area contributed by atoms with Crippen LogP contribution in [0.25, 0.3) is 39.9 Å². The van der Waals surface area contributed by atoms with Crippen molar-refractivity contribution in [3.8, 4) is 39.9 Å². The first-order chi connectivity index (χ1) is 13.9. The molecule has 0 N–H and O–H groups in total. The largest absolute Gasteiger partial charge is 0.332 e. The van der Waals surface area contributed by atoms with Gasteiger partial charge in [0.05, 0.1) is 11.4 Å². The van der Waals surface area contributed by atoms with Crippen LogP contribution in [0.5, 0.6) is 0 Å². The lowest BCUT2D eigenvalue weighted by molar-refractivity contribution is 0.429. The van der Waals surface area contributed by atoms with Crippen molar-refractivity contribution in [3.05, 3.63) is 91.3 Å². The van der Waals surface area contributed by atoms with E-state index in [2.05, 4.69) is 15.1 Å². The van der Waals surface area contributed by atoms with Gasteiger partial charge in [-0.25, -0.2) is 4.68 Å². The van der Waals surface area contributed by atoms with Gasteiger partial charge in [0, 0.05) is 23.5 Å². The molecule has 0 aliphatic rings. The summed E-state index contributed by atoms with van der Waals surface area (Å²) in [5.74, 6) is 0.921. The van der Waals surface area contributed by atoms with Crippen LogP contribution >= 0.6 is 0 Å². The molecular formula is C22H15N5O. The second kappa shape index (κ2) is 6.92. The quantitative estimate of drug-likeness (QED) is 0.464. The minimum atomic E-state index is 0.408. The third kappa shape index (κ3) is 2.97. The normalized spacial score (nSPS) is 10.9. The van der Waals surface area contributed by atoms with Crippen molar-refractivity contribution in [1.82, 2.24) is 24.9 Å². The molecule has 0 saturated carbocycles. The fourth-order valence-corrected chi connectivity index (χ4v) is 3.00. The fourth-order valence-electron chi connectivity index (χ4n) is 3.00. The van der Waals surface area contributed by atoms with Crippen molar-refractivity contribution < 1.29 is 4.52 Å². The summed E-state index contributed by atoms with van der Waals surface area (Å²) in [6.07, 6.45) is 3.40. The summed E-state index contributed by atoms with van der Waals surface area (Å²) in [5, 5.41) is 8.91. The van der Waals surface area contributed by atoms with E-state index in [-0.39, 0.29) is 0 Å². The zero-order valence-corrected chi connectivity index (χ0v) is 14.8. The van der Waals surface area contributed by atoms with E-state index >= 15 is 0 Å². The van der Waals surface area contributed by atoms with Gasteiger partial charge in [-0.3, -0.25) is 4.98 Å². The molecule has 0 aliphatic carbocycles. The Kier molecular flexibility index (Phi) is 3.99. The summed E-state index contributed by atoms with van der Waals surface area (Å²) < 4.78 is 7.40. The van der Waals surface area contributed by atoms with Crippen LogP contribution in [0.2, 0.25) is 0 Å². The predicted molar refractivity (Wildman–Crippen MR) is 106 cm³/mol. The molecular weight excluding hydrogens is 350 g/mol. The number of nitrogens with zero attached hydrogens (tertiary/aromatic N) is 5. The summed E-state index contributed by atoms with van der Waals surface area (Å²) in [7, 11) is 0. The lowest BCUT2D eigenvalue weighted by Crippen LogP contribution is -1.99. The zero-order valence-electron chi connectivity index (χ0n) is 14.8. The molecule has 0 atom stereocenters. The average Bonchev–Trinajstić information content (AvgIpc) is 3.43. The van der Waals surface area contributed by atoms with Gasteiger partial charge in [-0.2, -0.15) is 10.1 Å². The monoisotopic (exact) mass is 365 g/mol. The predicted octanol–water partition coefficient (Wildman–Crippen LogP) is 4.65. The Bertz CT molecular complexity index is 1200. The van der Waals surface area contributed by atoms with Gasteiger partial charge in [-0.05, 0) is 30.3 Å². The van der Waals surface area contributed by atoms with Crippen molar-refractivity contribution in [2.45, 2.75) is 0 Å². The summed E-state index contributed by atoms with van der Waals surface area (Å²) in [4.78, 5) is 8.60. The van der Waals surface area contributed by atoms with Crippen LogP contribution in [0.1, 0.15) is 0 Å². The molecule has 0 radical (unpaired) electrons. The fraction of sp³-hybridized carbons (Fsp3) is 0. The Morgan fingerprint density at radius 2 is 1.46 bits per heavy atom. The molecule has 0 fully saturated rings. The third-order valence-corrected chi connectivity index (χ3v) is 4.36. The molecule has 0 spiro atoms. The van der Waals surface area contributed by atoms with Crippen LogP contribution < -0.4 is 0 Å². The minimum Gasteiger partial charge on any atom is -0.332 e. The Hall–Kier alpha value is -4.06. The molecule has 2 aromatic carbocycles. The maximum atomic E-state index is 5.57. The Balaban J connectivity index is 1.64. The first kappa shape index (κ1) is 16.1. The van der Waals surface area contributed by atoms with Gasteiger partial charge in [0.1, 0.15) is 5.69 Å². The second-order valence-electron chi connectivity index (χ2n) is 6.19. The Labute approximate surface area is 161 Å². The highest BCUT2D eigenvalue weighted by molar-refractivity contribution is 5.67. The molecule has 0 bridgehead atoms. The van der Waals surface area contributed by atoms with E-state index in [0.717, 1.165) is 28.2 Å². The first-order valence-electron chi connectivity index (χ1n) is 8.84. The van der Waals surface area contributed by atoms with E-state index in [9.17, 15) is 0 Å². The molecule has 3 aromatic heterocycles. The second-order valence-corrected chi connectivity index (χ2v) is 6.19. The molecule has 5 aromatic rings. The molecule has 0 saturated heterocycles. The van der Waals surface area contributed by atoms with Gasteiger partial charge in [0.15, 0.2) is 0 Å². The van der Waals surface area contributed by atoms with E-state index in [0.29, 0.717) is 11.7 Å². The van der Waals surface area contributed by atoms with Crippen molar-refractivity contribution in [2.75, 3.05) is 0 Å². The van der Waals surface area contributed by atoms with Gasteiger partial charge in [0.2, 0.25) is 5.82 Å². The van der Waals surface area contributed by atoms with E-state index in [4.69, 9.17) is 9.62 Å². The summed E-state index contributed by atoms with van der Waals surface area (Å²) >= 11 is 0. The van der Waals surface area contributed by atoms with Crippen LogP contribution in [-0.2, 0) is 0 Å². The molecule has 6 heteroatoms. The summed E-state index contributed by atoms with van der Waals surface area (Å²) in [6.45, 7) is 0. The summed E-state index contributed by atoms with van der Waals surface area (Å²) in [5.41, 5.74) is 4.36. The molecule has 6 nitrogen and oxygen atoms in total. The number of hydrogen-bond donors (Lipinski definition) is 0. The van der Waals surface area contributed by atoms with Crippen LogP contribution in [0, 0.1) is 0 Å². The topological polar surface area (TPSA) is 69.6 Å². The van der Waals surface area contributed by atoms with E-state index in [1.54, 1.807) is 12.4 Å². The minimum absolute atomic E-state index is 0.408. The lowest BCUT2D eigenvalue weighted by Gasteiger charge is -2.03. The van der Waals surface area contributed by atoms with Gasteiger partial charge < -0.3 is 4.52 Å². The van der Waals surface area contributed by atoms with E-state index in [1.807, 2.05) is 83.5 Å². The lowest BCUT2D eigenvalue weighted by atomic mass is 10.1. The first-order valence-corrected chi connectivity index (χ1v) is 8.84. The van der Waals surface area contributed by atoms with Crippen LogP contribution in [0.4, 0.5) is 0 Å². The average molecular weight is 365 g/mol. The maximum absolute atomic E-state index is 5.57. The van der Waals surface area contributed by atoms with E-state index in [1.165, 1.54) is 0 Å². The third-order valence-electron chi connectivity index (χ3n) is 4.36. The molecule has 0 unspecified atom stereocenters. The number of pyridine rings is 1. The summed E-state index contributed by atoms with van der Waals surface area (Å²) in [6, 6.07) is 25.6. The van der Waals surface area contributed by atoms with Crippen molar-refractivity contribution in [1.29, 1.82) is 0 Å². The maximum Gasteiger partial charge on any atom is 0.277 e. The van der Waals surface area contributed by atoms with Crippen molar-refractivity contribution in [2.24, 2.45) is 0 Å². The smallest absolute Gasteiger partial charge is 0.277 e. The number of hydrogen-bond acceptors (Lipinski definition) is 5. The van der Waals surface area contributed by atoms with Gasteiger partial charge in [-0.1, -0.05) is 53.7 Å². The molecule has 0 aliphatic heterocycles. The standard InChI is InChI=1S/C22H15N5O/c1-3-7-16(8-4-1)19-15-20(27(25-19)18-9-5-2-6-10-18)22-24-21(26-28-22)17-11-13-23-14-12-17/h1-15H. The highest BCUT2D eigenvalue weighted by Crippen LogP contribution is 2.29. The van der Waals surface area contributed by atoms with Crippen LogP contribution in [0.3, 0.4) is 0 Å². The number of rotatable bonds is 4. The van der Waals surface area contributed by atoms with Crippen molar-refractivity contribution >= 4 is 0 Å². The highest BCUT2D eigenvalue weighted by Gasteiger charge is 2.19. The Morgan fingerprint density at radius 3 is 2.21 bits per heavy atom. The molecule has 134 valence electrons. The number of benzene rings is 2. The van der Waals surface area contributed by atoms with Gasteiger partial charge in [0.25, 0.3) is 5.89 Å². The number of para-hydroxylation sites is 1. The van der Waals surface area contributed by atoms with Gasteiger partial charge >= 0.3 is 0 Å². The van der Waals surface area contributed by atoms with Crippen molar-refractivity contribution in [3.63, 3.8) is 0 Å². The van der Waals surface area contributed by atoms with Crippen LogP contribution in [-0.4, -0.2) is 24.9 Å². The molecule has 3 heterocycles. The Morgan fingerprint density at radius 1 is 0.750 bits per heavy atom. The highest BCUT2D eigenvalue weighted by atomic mass is 16.5. The molecule has 28 heavy (non-hydrogen) atoms. The SMILES string of the molecule is c1ccc(-c2cc(-c3nc(-c4ccncc4)no3)n(-c3ccccc3)n2)cc1. The molecule has 5 rings (SSSR count). The van der Waals surface area contributed by atoms with Gasteiger partial charge in [-0.15, -0.1) is 0 Å². The zero-order chi connectivity index (χ0) is 18.8.